The Morgan fingerprint density at radius 2 is 2.06 bits per heavy atom. The first-order chi connectivity index (χ1) is 7.70. The van der Waals surface area contributed by atoms with Gasteiger partial charge in [-0.15, -0.1) is 0 Å². The molecule has 0 bridgehead atoms. The van der Waals surface area contributed by atoms with Gasteiger partial charge >= 0.3 is 0 Å². The number of methoxy groups -OCH3 is 1. The van der Waals surface area contributed by atoms with Gasteiger partial charge in [0.2, 0.25) is 5.91 Å². The molecule has 1 aromatic carbocycles. The SMILES string of the molecule is COc1ccc(CN2CC[C@H](C)C2=O)cc1. The Morgan fingerprint density at radius 3 is 2.56 bits per heavy atom. The van der Waals surface area contributed by atoms with E-state index in [1.54, 1.807) is 7.11 Å². The lowest BCUT2D eigenvalue weighted by atomic mass is 10.1. The third-order valence-corrected chi connectivity index (χ3v) is 3.10. The van der Waals surface area contributed by atoms with Gasteiger partial charge in [-0.3, -0.25) is 4.79 Å². The van der Waals surface area contributed by atoms with Crippen LogP contribution in [0.25, 0.3) is 0 Å². The summed E-state index contributed by atoms with van der Waals surface area (Å²) in [5, 5.41) is 0. The zero-order valence-electron chi connectivity index (χ0n) is 9.77. The van der Waals surface area contributed by atoms with E-state index in [0.717, 1.165) is 24.3 Å². The number of rotatable bonds is 3. The smallest absolute Gasteiger partial charge is 0.225 e. The molecule has 1 fully saturated rings. The number of amides is 1. The van der Waals surface area contributed by atoms with Gasteiger partial charge in [0.25, 0.3) is 0 Å². The maximum absolute atomic E-state index is 11.7. The third kappa shape index (κ3) is 2.18. The predicted octanol–water partition coefficient (Wildman–Crippen LogP) is 2.06. The Morgan fingerprint density at radius 1 is 1.38 bits per heavy atom. The number of ether oxygens (including phenoxy) is 1. The molecule has 0 aliphatic carbocycles. The van der Waals surface area contributed by atoms with E-state index in [0.29, 0.717) is 6.54 Å². The van der Waals surface area contributed by atoms with Crippen molar-refractivity contribution in [3.63, 3.8) is 0 Å². The van der Waals surface area contributed by atoms with Crippen molar-refractivity contribution in [1.82, 2.24) is 4.90 Å². The van der Waals surface area contributed by atoms with Crippen LogP contribution >= 0.6 is 0 Å². The van der Waals surface area contributed by atoms with Crippen molar-refractivity contribution in [2.45, 2.75) is 19.9 Å². The maximum atomic E-state index is 11.7. The molecular weight excluding hydrogens is 202 g/mol. The molecule has 0 radical (unpaired) electrons. The zero-order chi connectivity index (χ0) is 11.5. The molecule has 3 nitrogen and oxygen atoms in total. The fraction of sp³-hybridized carbons (Fsp3) is 0.462. The summed E-state index contributed by atoms with van der Waals surface area (Å²) in [4.78, 5) is 13.7. The molecule has 16 heavy (non-hydrogen) atoms. The lowest BCUT2D eigenvalue weighted by Gasteiger charge is -2.16. The van der Waals surface area contributed by atoms with Crippen LogP contribution in [-0.4, -0.2) is 24.5 Å². The van der Waals surface area contributed by atoms with Gasteiger partial charge in [-0.25, -0.2) is 0 Å². The molecule has 0 aromatic heterocycles. The van der Waals surface area contributed by atoms with Crippen LogP contribution in [0.2, 0.25) is 0 Å². The first-order valence-corrected chi connectivity index (χ1v) is 5.62. The molecular formula is C13H17NO2. The van der Waals surface area contributed by atoms with Crippen molar-refractivity contribution >= 4 is 5.91 Å². The van der Waals surface area contributed by atoms with Gasteiger partial charge in [-0.1, -0.05) is 19.1 Å². The Balaban J connectivity index is 2.01. The molecule has 0 N–H and O–H groups in total. The highest BCUT2D eigenvalue weighted by Crippen LogP contribution is 2.20. The number of benzene rings is 1. The Labute approximate surface area is 96.0 Å². The van der Waals surface area contributed by atoms with Crippen molar-refractivity contribution in [2.75, 3.05) is 13.7 Å². The molecule has 1 aliphatic heterocycles. The molecule has 1 amide bonds. The fourth-order valence-corrected chi connectivity index (χ4v) is 2.00. The van der Waals surface area contributed by atoms with Crippen molar-refractivity contribution in [3.05, 3.63) is 29.8 Å². The molecule has 1 aromatic rings. The molecule has 1 saturated heterocycles. The molecule has 86 valence electrons. The van der Waals surface area contributed by atoms with Crippen LogP contribution in [0, 0.1) is 5.92 Å². The lowest BCUT2D eigenvalue weighted by Crippen LogP contribution is -2.26. The lowest BCUT2D eigenvalue weighted by molar-refractivity contribution is -0.131. The number of likely N-dealkylation sites (tertiary alicyclic amines) is 1. The van der Waals surface area contributed by atoms with E-state index in [1.165, 1.54) is 0 Å². The Hall–Kier alpha value is -1.51. The molecule has 2 rings (SSSR count). The average molecular weight is 219 g/mol. The van der Waals surface area contributed by atoms with Crippen LogP contribution in [0.3, 0.4) is 0 Å². The summed E-state index contributed by atoms with van der Waals surface area (Å²) in [5.41, 5.74) is 1.16. The summed E-state index contributed by atoms with van der Waals surface area (Å²) in [6, 6.07) is 7.88. The van der Waals surface area contributed by atoms with E-state index in [-0.39, 0.29) is 11.8 Å². The van der Waals surface area contributed by atoms with E-state index in [4.69, 9.17) is 4.74 Å². The van der Waals surface area contributed by atoms with Gasteiger partial charge in [0.15, 0.2) is 0 Å². The molecule has 0 spiro atoms. The van der Waals surface area contributed by atoms with Gasteiger partial charge in [0, 0.05) is 19.0 Å². The van der Waals surface area contributed by atoms with E-state index in [9.17, 15) is 4.79 Å². The second-order valence-corrected chi connectivity index (χ2v) is 4.30. The minimum Gasteiger partial charge on any atom is -0.497 e. The number of carbonyl (C=O) groups excluding carboxylic acids is 1. The Kier molecular flexibility index (Phi) is 3.13. The summed E-state index contributed by atoms with van der Waals surface area (Å²) in [6.07, 6.45) is 0.981. The van der Waals surface area contributed by atoms with Crippen LogP contribution in [-0.2, 0) is 11.3 Å². The summed E-state index contributed by atoms with van der Waals surface area (Å²) in [6.45, 7) is 3.59. The minimum absolute atomic E-state index is 0.193. The van der Waals surface area contributed by atoms with E-state index < -0.39 is 0 Å². The molecule has 3 heteroatoms. The van der Waals surface area contributed by atoms with Crippen LogP contribution in [0.5, 0.6) is 5.75 Å². The van der Waals surface area contributed by atoms with Gasteiger partial charge in [0.1, 0.15) is 5.75 Å². The second kappa shape index (κ2) is 4.56. The third-order valence-electron chi connectivity index (χ3n) is 3.10. The maximum Gasteiger partial charge on any atom is 0.225 e. The summed E-state index contributed by atoms with van der Waals surface area (Å²) >= 11 is 0. The predicted molar refractivity (Wildman–Crippen MR) is 62.2 cm³/mol. The van der Waals surface area contributed by atoms with E-state index in [2.05, 4.69) is 0 Å². The highest BCUT2D eigenvalue weighted by atomic mass is 16.5. The normalized spacial score (nSPS) is 20.2. The molecule has 1 aliphatic rings. The van der Waals surface area contributed by atoms with Gasteiger partial charge in [-0.05, 0) is 24.1 Å². The summed E-state index contributed by atoms with van der Waals surface area (Å²) in [7, 11) is 1.65. The van der Waals surface area contributed by atoms with Gasteiger partial charge in [-0.2, -0.15) is 0 Å². The van der Waals surface area contributed by atoms with Crippen LogP contribution < -0.4 is 4.74 Å². The van der Waals surface area contributed by atoms with Crippen LogP contribution in [0.4, 0.5) is 0 Å². The monoisotopic (exact) mass is 219 g/mol. The first kappa shape index (κ1) is 11.0. The largest absolute Gasteiger partial charge is 0.497 e. The number of carbonyl (C=O) groups is 1. The first-order valence-electron chi connectivity index (χ1n) is 5.62. The summed E-state index contributed by atoms with van der Waals surface area (Å²) < 4.78 is 5.10. The van der Waals surface area contributed by atoms with Gasteiger partial charge in [0.05, 0.1) is 7.11 Å². The molecule has 0 unspecified atom stereocenters. The quantitative estimate of drug-likeness (QED) is 0.778. The van der Waals surface area contributed by atoms with Crippen LogP contribution in [0.1, 0.15) is 18.9 Å². The summed E-state index contributed by atoms with van der Waals surface area (Å²) in [5.74, 6) is 1.32. The van der Waals surface area contributed by atoms with Crippen molar-refractivity contribution in [1.29, 1.82) is 0 Å². The van der Waals surface area contributed by atoms with Crippen molar-refractivity contribution in [2.24, 2.45) is 5.92 Å². The standard InChI is InChI=1S/C13H17NO2/c1-10-7-8-14(13(10)15)9-11-3-5-12(16-2)6-4-11/h3-6,10H,7-9H2,1-2H3/t10-/m0/s1. The number of hydrogen-bond donors (Lipinski definition) is 0. The van der Waals surface area contributed by atoms with E-state index in [1.807, 2.05) is 36.1 Å². The van der Waals surface area contributed by atoms with E-state index >= 15 is 0 Å². The number of hydrogen-bond acceptors (Lipinski definition) is 2. The molecule has 1 atom stereocenters. The highest BCUT2D eigenvalue weighted by Gasteiger charge is 2.27. The average Bonchev–Trinajstić information content (AvgIpc) is 2.62. The van der Waals surface area contributed by atoms with Crippen molar-refractivity contribution in [3.8, 4) is 5.75 Å². The molecule has 1 heterocycles. The zero-order valence-corrected chi connectivity index (χ0v) is 9.77. The minimum atomic E-state index is 0.193. The Bertz CT molecular complexity index is 372. The van der Waals surface area contributed by atoms with Gasteiger partial charge < -0.3 is 9.64 Å². The highest BCUT2D eigenvalue weighted by molar-refractivity contribution is 5.80. The van der Waals surface area contributed by atoms with Crippen LogP contribution in [0.15, 0.2) is 24.3 Å². The topological polar surface area (TPSA) is 29.5 Å². The second-order valence-electron chi connectivity index (χ2n) is 4.30. The fourth-order valence-electron chi connectivity index (χ4n) is 2.00. The molecule has 0 saturated carbocycles. The number of nitrogens with zero attached hydrogens (tertiary/aromatic N) is 1. The van der Waals surface area contributed by atoms with Crippen molar-refractivity contribution < 1.29 is 9.53 Å².